The Balaban J connectivity index is 0.00000261. The molecule has 2 N–H and O–H groups in total. The largest absolute Gasteiger partial charge is 0.357 e. The highest BCUT2D eigenvalue weighted by Crippen LogP contribution is 2.20. The fourth-order valence-corrected chi connectivity index (χ4v) is 4.08. The standard InChI is InChI=1S/C20H29N5S.HI/c1-4-21-20(22-11-19-16(3)23-14-26-19)24-18-10-15(2)25(13-18)12-17-8-6-5-7-9-17;/h5-9,14-15,18H,4,10-13H2,1-3H3,(H2,21,22,24);1H. The minimum absolute atomic E-state index is 0. The number of guanidine groups is 1. The first-order valence-corrected chi connectivity index (χ1v) is 10.3. The zero-order chi connectivity index (χ0) is 18.4. The molecule has 5 nitrogen and oxygen atoms in total. The Morgan fingerprint density at radius 1 is 1.33 bits per heavy atom. The highest BCUT2D eigenvalue weighted by molar-refractivity contribution is 14.0. The molecule has 0 aliphatic carbocycles. The molecule has 7 heteroatoms. The molecule has 1 aromatic heterocycles. The quantitative estimate of drug-likeness (QED) is 0.361. The number of rotatable bonds is 6. The number of benzene rings is 1. The van der Waals surface area contributed by atoms with E-state index >= 15 is 0 Å². The molecule has 1 aromatic carbocycles. The smallest absolute Gasteiger partial charge is 0.191 e. The van der Waals surface area contributed by atoms with Crippen molar-refractivity contribution in [2.24, 2.45) is 4.99 Å². The normalized spacial score (nSPS) is 20.3. The van der Waals surface area contributed by atoms with Crippen LogP contribution in [0, 0.1) is 6.92 Å². The van der Waals surface area contributed by atoms with Crippen LogP contribution in [0.25, 0.3) is 0 Å². The Morgan fingerprint density at radius 3 is 2.78 bits per heavy atom. The third-order valence-electron chi connectivity index (χ3n) is 4.84. The molecule has 1 aliphatic rings. The van der Waals surface area contributed by atoms with E-state index in [1.165, 1.54) is 10.4 Å². The van der Waals surface area contributed by atoms with Gasteiger partial charge in [0.1, 0.15) is 0 Å². The van der Waals surface area contributed by atoms with Crippen molar-refractivity contribution in [1.82, 2.24) is 20.5 Å². The van der Waals surface area contributed by atoms with Gasteiger partial charge in [-0.25, -0.2) is 9.98 Å². The molecule has 0 radical (unpaired) electrons. The zero-order valence-corrected chi connectivity index (χ0v) is 19.5. The molecule has 2 heterocycles. The zero-order valence-electron chi connectivity index (χ0n) is 16.3. The number of nitrogens with zero attached hydrogens (tertiary/aromatic N) is 3. The third-order valence-corrected chi connectivity index (χ3v) is 5.76. The molecule has 148 valence electrons. The van der Waals surface area contributed by atoms with Crippen molar-refractivity contribution in [3.8, 4) is 0 Å². The number of aryl methyl sites for hydroxylation is 1. The van der Waals surface area contributed by atoms with Gasteiger partial charge in [-0.05, 0) is 32.8 Å². The minimum atomic E-state index is 0. The maximum absolute atomic E-state index is 4.76. The number of aromatic nitrogens is 1. The van der Waals surface area contributed by atoms with Crippen LogP contribution < -0.4 is 10.6 Å². The monoisotopic (exact) mass is 499 g/mol. The Bertz CT molecular complexity index is 718. The lowest BCUT2D eigenvalue weighted by atomic mass is 10.2. The van der Waals surface area contributed by atoms with Gasteiger partial charge in [-0.1, -0.05) is 30.3 Å². The van der Waals surface area contributed by atoms with Crippen molar-refractivity contribution >= 4 is 41.3 Å². The summed E-state index contributed by atoms with van der Waals surface area (Å²) >= 11 is 1.67. The first kappa shape index (κ1) is 22.1. The molecule has 3 rings (SSSR count). The summed E-state index contributed by atoms with van der Waals surface area (Å²) in [6.45, 7) is 10.1. The van der Waals surface area contributed by atoms with Crippen molar-refractivity contribution < 1.29 is 0 Å². The van der Waals surface area contributed by atoms with Crippen LogP contribution in [-0.2, 0) is 13.1 Å². The number of halogens is 1. The van der Waals surface area contributed by atoms with Gasteiger partial charge in [0.05, 0.1) is 17.7 Å². The lowest BCUT2D eigenvalue weighted by Gasteiger charge is -2.21. The molecule has 1 fully saturated rings. The molecule has 0 amide bonds. The van der Waals surface area contributed by atoms with Gasteiger partial charge in [0.2, 0.25) is 0 Å². The average molecular weight is 499 g/mol. The lowest BCUT2D eigenvalue weighted by molar-refractivity contribution is 0.258. The maximum Gasteiger partial charge on any atom is 0.191 e. The summed E-state index contributed by atoms with van der Waals surface area (Å²) in [4.78, 5) is 12.8. The molecule has 2 unspecified atom stereocenters. The van der Waals surface area contributed by atoms with Crippen molar-refractivity contribution in [2.75, 3.05) is 13.1 Å². The molecule has 2 aromatic rings. The van der Waals surface area contributed by atoms with E-state index in [4.69, 9.17) is 4.99 Å². The molecule has 1 saturated heterocycles. The molecule has 0 bridgehead atoms. The van der Waals surface area contributed by atoms with Gasteiger partial charge in [-0.15, -0.1) is 35.3 Å². The summed E-state index contributed by atoms with van der Waals surface area (Å²) in [7, 11) is 0. The summed E-state index contributed by atoms with van der Waals surface area (Å²) in [5.41, 5.74) is 4.35. The van der Waals surface area contributed by atoms with Crippen molar-refractivity contribution in [3.63, 3.8) is 0 Å². The van der Waals surface area contributed by atoms with E-state index in [0.717, 1.165) is 37.7 Å². The van der Waals surface area contributed by atoms with Gasteiger partial charge in [-0.3, -0.25) is 4.90 Å². The van der Waals surface area contributed by atoms with Crippen LogP contribution in [0.1, 0.15) is 36.4 Å². The van der Waals surface area contributed by atoms with E-state index in [-0.39, 0.29) is 24.0 Å². The van der Waals surface area contributed by atoms with Crippen LogP contribution in [0.5, 0.6) is 0 Å². The predicted octanol–water partition coefficient (Wildman–Crippen LogP) is 3.79. The van der Waals surface area contributed by atoms with Gasteiger partial charge in [-0.2, -0.15) is 0 Å². The number of aliphatic imine (C=N–C) groups is 1. The van der Waals surface area contributed by atoms with Gasteiger partial charge in [0, 0.05) is 36.6 Å². The molecule has 27 heavy (non-hydrogen) atoms. The molecule has 1 aliphatic heterocycles. The number of nitrogens with one attached hydrogen (secondary N) is 2. The summed E-state index contributed by atoms with van der Waals surface area (Å²) in [5, 5.41) is 7.00. The van der Waals surface area contributed by atoms with Gasteiger partial charge in [0.25, 0.3) is 0 Å². The van der Waals surface area contributed by atoms with Crippen molar-refractivity contribution in [3.05, 3.63) is 52.0 Å². The fourth-order valence-electron chi connectivity index (χ4n) is 3.38. The number of hydrogen-bond donors (Lipinski definition) is 2. The summed E-state index contributed by atoms with van der Waals surface area (Å²) in [5.74, 6) is 0.902. The van der Waals surface area contributed by atoms with Crippen LogP contribution in [0.15, 0.2) is 40.8 Å². The van der Waals surface area contributed by atoms with Crippen LogP contribution in [0.4, 0.5) is 0 Å². The fraction of sp³-hybridized carbons (Fsp3) is 0.500. The van der Waals surface area contributed by atoms with Crippen molar-refractivity contribution in [1.29, 1.82) is 0 Å². The van der Waals surface area contributed by atoms with E-state index < -0.39 is 0 Å². The topological polar surface area (TPSA) is 52.6 Å². The molecule has 0 spiro atoms. The van der Waals surface area contributed by atoms with E-state index in [2.05, 4.69) is 64.7 Å². The summed E-state index contributed by atoms with van der Waals surface area (Å²) in [6.07, 6.45) is 1.14. The van der Waals surface area contributed by atoms with E-state index in [9.17, 15) is 0 Å². The average Bonchev–Trinajstić information content (AvgIpc) is 3.19. The minimum Gasteiger partial charge on any atom is -0.357 e. The van der Waals surface area contributed by atoms with Gasteiger partial charge < -0.3 is 10.6 Å². The SMILES string of the molecule is CCNC(=NCc1scnc1C)NC1CC(C)N(Cc2ccccc2)C1.I. The van der Waals surface area contributed by atoms with E-state index in [0.29, 0.717) is 18.6 Å². The summed E-state index contributed by atoms with van der Waals surface area (Å²) in [6, 6.07) is 11.7. The van der Waals surface area contributed by atoms with Gasteiger partial charge in [0.15, 0.2) is 5.96 Å². The second kappa shape index (κ2) is 11.0. The second-order valence-electron chi connectivity index (χ2n) is 6.90. The number of hydrogen-bond acceptors (Lipinski definition) is 4. The van der Waals surface area contributed by atoms with Crippen LogP contribution >= 0.6 is 35.3 Å². The Hall–Kier alpha value is -1.19. The first-order chi connectivity index (χ1) is 12.7. The highest BCUT2D eigenvalue weighted by Gasteiger charge is 2.29. The Morgan fingerprint density at radius 2 is 2.11 bits per heavy atom. The van der Waals surface area contributed by atoms with Crippen LogP contribution in [0.3, 0.4) is 0 Å². The van der Waals surface area contributed by atoms with E-state index in [1.807, 2.05) is 12.4 Å². The Labute approximate surface area is 183 Å². The van der Waals surface area contributed by atoms with Crippen molar-refractivity contribution in [2.45, 2.75) is 52.4 Å². The van der Waals surface area contributed by atoms with E-state index in [1.54, 1.807) is 11.3 Å². The maximum atomic E-state index is 4.76. The summed E-state index contributed by atoms with van der Waals surface area (Å²) < 4.78 is 0. The molecule has 0 saturated carbocycles. The lowest BCUT2D eigenvalue weighted by Crippen LogP contribution is -2.44. The van der Waals surface area contributed by atoms with Crippen LogP contribution in [-0.4, -0.2) is 41.0 Å². The number of likely N-dealkylation sites (tertiary alicyclic amines) is 1. The molecular formula is C20H30IN5S. The van der Waals surface area contributed by atoms with Crippen LogP contribution in [0.2, 0.25) is 0 Å². The van der Waals surface area contributed by atoms with Gasteiger partial charge >= 0.3 is 0 Å². The first-order valence-electron chi connectivity index (χ1n) is 9.37. The Kier molecular flexibility index (Phi) is 8.98. The third kappa shape index (κ3) is 6.43. The second-order valence-corrected chi connectivity index (χ2v) is 7.84. The predicted molar refractivity (Wildman–Crippen MR) is 125 cm³/mol. The molecule has 2 atom stereocenters. The number of thiazole rings is 1. The molecular weight excluding hydrogens is 469 g/mol. The highest BCUT2D eigenvalue weighted by atomic mass is 127.